The molecule has 0 aliphatic rings. The standard InChI is InChI=1S/C12H16S/c1-3-11(2)13-10-9-12-7-5-4-6-8-12/h4-11H,3H2,1-2H3/b10-9+. The summed E-state index contributed by atoms with van der Waals surface area (Å²) < 4.78 is 0. The van der Waals surface area contributed by atoms with Crippen molar-refractivity contribution in [3.05, 3.63) is 41.3 Å². The summed E-state index contributed by atoms with van der Waals surface area (Å²) in [5, 5.41) is 2.91. The maximum absolute atomic E-state index is 2.25. The Morgan fingerprint density at radius 2 is 2.00 bits per heavy atom. The summed E-state index contributed by atoms with van der Waals surface area (Å²) in [6, 6.07) is 10.4. The first-order valence-electron chi connectivity index (χ1n) is 4.70. The van der Waals surface area contributed by atoms with E-state index < -0.39 is 0 Å². The van der Waals surface area contributed by atoms with E-state index >= 15 is 0 Å². The highest BCUT2D eigenvalue weighted by atomic mass is 32.2. The predicted molar refractivity (Wildman–Crippen MR) is 62.8 cm³/mol. The average molecular weight is 192 g/mol. The minimum atomic E-state index is 0.722. The molecule has 70 valence electrons. The molecule has 1 unspecified atom stereocenters. The minimum Gasteiger partial charge on any atom is -0.131 e. The third-order valence-corrected chi connectivity index (χ3v) is 3.04. The van der Waals surface area contributed by atoms with E-state index in [0.29, 0.717) is 0 Å². The van der Waals surface area contributed by atoms with Crippen LogP contribution in [0.15, 0.2) is 35.7 Å². The lowest BCUT2D eigenvalue weighted by Gasteiger charge is -2.01. The van der Waals surface area contributed by atoms with Crippen molar-refractivity contribution in [2.24, 2.45) is 0 Å². The van der Waals surface area contributed by atoms with Gasteiger partial charge in [-0.25, -0.2) is 0 Å². The molecule has 13 heavy (non-hydrogen) atoms. The lowest BCUT2D eigenvalue weighted by molar-refractivity contribution is 0.910. The van der Waals surface area contributed by atoms with E-state index in [1.165, 1.54) is 12.0 Å². The first-order valence-corrected chi connectivity index (χ1v) is 5.64. The van der Waals surface area contributed by atoms with Gasteiger partial charge in [-0.15, -0.1) is 11.8 Å². The summed E-state index contributed by atoms with van der Waals surface area (Å²) in [7, 11) is 0. The van der Waals surface area contributed by atoms with Gasteiger partial charge in [0.25, 0.3) is 0 Å². The van der Waals surface area contributed by atoms with Crippen LogP contribution in [0.3, 0.4) is 0 Å². The van der Waals surface area contributed by atoms with Gasteiger partial charge in [-0.2, -0.15) is 0 Å². The molecule has 0 N–H and O–H groups in total. The van der Waals surface area contributed by atoms with Crippen LogP contribution in [0.1, 0.15) is 25.8 Å². The monoisotopic (exact) mass is 192 g/mol. The Kier molecular flexibility index (Phi) is 4.69. The lowest BCUT2D eigenvalue weighted by atomic mass is 10.2. The quantitative estimate of drug-likeness (QED) is 0.689. The zero-order valence-corrected chi connectivity index (χ0v) is 9.05. The van der Waals surface area contributed by atoms with Crippen molar-refractivity contribution in [1.82, 2.24) is 0 Å². The maximum atomic E-state index is 2.25. The van der Waals surface area contributed by atoms with Gasteiger partial charge in [0.15, 0.2) is 0 Å². The second-order valence-corrected chi connectivity index (χ2v) is 4.42. The first kappa shape index (κ1) is 10.4. The van der Waals surface area contributed by atoms with Gasteiger partial charge in [0.2, 0.25) is 0 Å². The van der Waals surface area contributed by atoms with E-state index in [4.69, 9.17) is 0 Å². The van der Waals surface area contributed by atoms with E-state index in [1.54, 1.807) is 0 Å². The second kappa shape index (κ2) is 5.87. The molecule has 1 heteroatoms. The third kappa shape index (κ3) is 4.18. The topological polar surface area (TPSA) is 0 Å². The molecule has 0 aliphatic heterocycles. The van der Waals surface area contributed by atoms with Gasteiger partial charge < -0.3 is 0 Å². The Hall–Kier alpha value is -0.690. The van der Waals surface area contributed by atoms with Crippen molar-refractivity contribution in [2.75, 3.05) is 0 Å². The van der Waals surface area contributed by atoms with Crippen LogP contribution in [0.4, 0.5) is 0 Å². The van der Waals surface area contributed by atoms with Crippen molar-refractivity contribution in [3.8, 4) is 0 Å². The van der Waals surface area contributed by atoms with Gasteiger partial charge in [0.1, 0.15) is 0 Å². The molecule has 0 saturated carbocycles. The number of hydrogen-bond acceptors (Lipinski definition) is 1. The number of benzene rings is 1. The SMILES string of the molecule is CCC(C)S/C=C/c1ccccc1. The largest absolute Gasteiger partial charge is 0.131 e. The van der Waals surface area contributed by atoms with Gasteiger partial charge >= 0.3 is 0 Å². The summed E-state index contributed by atoms with van der Waals surface area (Å²) in [6.07, 6.45) is 3.39. The van der Waals surface area contributed by atoms with Gasteiger partial charge in [-0.3, -0.25) is 0 Å². The summed E-state index contributed by atoms with van der Waals surface area (Å²) in [5.74, 6) is 0. The second-order valence-electron chi connectivity index (χ2n) is 3.07. The van der Waals surface area contributed by atoms with Crippen molar-refractivity contribution >= 4 is 17.8 Å². The molecule has 0 saturated heterocycles. The van der Waals surface area contributed by atoms with Crippen molar-refractivity contribution in [1.29, 1.82) is 0 Å². The molecule has 0 amide bonds. The molecule has 0 heterocycles. The van der Waals surface area contributed by atoms with Gasteiger partial charge in [0, 0.05) is 5.25 Å². The van der Waals surface area contributed by atoms with Crippen LogP contribution in [0.25, 0.3) is 6.08 Å². The Morgan fingerprint density at radius 1 is 1.31 bits per heavy atom. The molecular weight excluding hydrogens is 176 g/mol. The summed E-state index contributed by atoms with van der Waals surface area (Å²) in [4.78, 5) is 0. The van der Waals surface area contributed by atoms with Crippen LogP contribution in [-0.2, 0) is 0 Å². The molecule has 1 rings (SSSR count). The third-order valence-electron chi connectivity index (χ3n) is 1.95. The summed E-state index contributed by atoms with van der Waals surface area (Å²) in [6.45, 7) is 4.47. The molecule has 0 spiro atoms. The van der Waals surface area contributed by atoms with Gasteiger partial charge in [0.05, 0.1) is 0 Å². The van der Waals surface area contributed by atoms with E-state index in [9.17, 15) is 0 Å². The van der Waals surface area contributed by atoms with Gasteiger partial charge in [-0.1, -0.05) is 44.2 Å². The molecule has 1 aromatic rings. The molecule has 1 aromatic carbocycles. The fraction of sp³-hybridized carbons (Fsp3) is 0.333. The van der Waals surface area contributed by atoms with E-state index in [2.05, 4.69) is 49.6 Å². The number of rotatable bonds is 4. The number of hydrogen-bond donors (Lipinski definition) is 0. The molecule has 1 atom stereocenters. The van der Waals surface area contributed by atoms with Crippen molar-refractivity contribution in [3.63, 3.8) is 0 Å². The normalized spacial score (nSPS) is 13.4. The van der Waals surface area contributed by atoms with Crippen LogP contribution in [0.5, 0.6) is 0 Å². The van der Waals surface area contributed by atoms with Crippen LogP contribution < -0.4 is 0 Å². The first-order chi connectivity index (χ1) is 6.33. The Morgan fingerprint density at radius 3 is 2.62 bits per heavy atom. The fourth-order valence-electron chi connectivity index (χ4n) is 0.912. The molecule has 0 radical (unpaired) electrons. The zero-order chi connectivity index (χ0) is 9.52. The highest BCUT2D eigenvalue weighted by molar-refractivity contribution is 8.02. The Labute approximate surface area is 85.1 Å². The highest BCUT2D eigenvalue weighted by Crippen LogP contribution is 2.16. The smallest absolute Gasteiger partial charge is 0.00575 e. The number of thioether (sulfide) groups is 1. The summed E-state index contributed by atoms with van der Waals surface area (Å²) >= 11 is 1.89. The van der Waals surface area contributed by atoms with Crippen LogP contribution >= 0.6 is 11.8 Å². The van der Waals surface area contributed by atoms with Crippen LogP contribution in [-0.4, -0.2) is 5.25 Å². The Balaban J connectivity index is 2.41. The predicted octanol–water partition coefficient (Wildman–Crippen LogP) is 4.19. The minimum absolute atomic E-state index is 0.722. The fourth-order valence-corrected chi connectivity index (χ4v) is 1.61. The van der Waals surface area contributed by atoms with E-state index in [1.807, 2.05) is 17.8 Å². The molecule has 0 aromatic heterocycles. The Bertz CT molecular complexity index is 251. The summed E-state index contributed by atoms with van der Waals surface area (Å²) in [5.41, 5.74) is 1.28. The average Bonchev–Trinajstić information content (AvgIpc) is 2.19. The van der Waals surface area contributed by atoms with Crippen LogP contribution in [0.2, 0.25) is 0 Å². The van der Waals surface area contributed by atoms with E-state index in [-0.39, 0.29) is 0 Å². The molecule has 0 bridgehead atoms. The molecular formula is C12H16S. The molecule has 0 fully saturated rings. The zero-order valence-electron chi connectivity index (χ0n) is 8.23. The van der Waals surface area contributed by atoms with E-state index in [0.717, 1.165) is 5.25 Å². The van der Waals surface area contributed by atoms with Gasteiger partial charge in [-0.05, 0) is 23.5 Å². The van der Waals surface area contributed by atoms with Crippen LogP contribution in [0, 0.1) is 0 Å². The molecule has 0 nitrogen and oxygen atoms in total. The van der Waals surface area contributed by atoms with Crippen molar-refractivity contribution in [2.45, 2.75) is 25.5 Å². The molecule has 0 aliphatic carbocycles. The van der Waals surface area contributed by atoms with Crippen molar-refractivity contribution < 1.29 is 0 Å². The lowest BCUT2D eigenvalue weighted by Crippen LogP contribution is -1.88. The highest BCUT2D eigenvalue weighted by Gasteiger charge is 1.93. The maximum Gasteiger partial charge on any atom is 0.00575 e.